The van der Waals surface area contributed by atoms with E-state index in [1.54, 1.807) is 13.0 Å². The van der Waals surface area contributed by atoms with Crippen molar-refractivity contribution in [2.45, 2.75) is 13.3 Å². The highest BCUT2D eigenvalue weighted by Crippen LogP contribution is 2.10. The van der Waals surface area contributed by atoms with Gasteiger partial charge in [0.1, 0.15) is 0 Å². The maximum absolute atomic E-state index is 10.5. The van der Waals surface area contributed by atoms with Crippen LogP contribution in [0.1, 0.15) is 13.3 Å². The van der Waals surface area contributed by atoms with Gasteiger partial charge in [0.05, 0.1) is 0 Å². The number of carbonyl (C=O) groups excluding carboxylic acids is 1. The number of rotatable bonds is 2. The molecule has 0 saturated carbocycles. The van der Waals surface area contributed by atoms with Crippen LogP contribution in [0.5, 0.6) is 0 Å². The number of allylic oxidation sites excluding steroid dienone is 6. The lowest BCUT2D eigenvalue weighted by atomic mass is 10.2. The minimum atomic E-state index is 0.104. The van der Waals surface area contributed by atoms with Gasteiger partial charge >= 0.3 is 0 Å². The topological polar surface area (TPSA) is 17.1 Å². The molecule has 0 radical (unpaired) electrons. The van der Waals surface area contributed by atoms with Gasteiger partial charge in [0.2, 0.25) is 0 Å². The maximum Gasteiger partial charge on any atom is 0.152 e. The van der Waals surface area contributed by atoms with Crippen LogP contribution in [0.25, 0.3) is 0 Å². The van der Waals surface area contributed by atoms with Crippen LogP contribution in [0, 0.1) is 0 Å². The average molecular weight is 134 g/mol. The Kier molecular flexibility index (Phi) is 2.21. The Hall–Kier alpha value is -1.11. The van der Waals surface area contributed by atoms with Crippen molar-refractivity contribution >= 4 is 5.78 Å². The van der Waals surface area contributed by atoms with Crippen molar-refractivity contribution in [2.75, 3.05) is 0 Å². The van der Waals surface area contributed by atoms with Crippen LogP contribution in [-0.2, 0) is 4.79 Å². The standard InChI is InChI=1S/C9H10O/c1-8(10)6-7-9-4-2-3-5-9/h2-4,6-7H,5H2,1H3/b7-6+. The van der Waals surface area contributed by atoms with Gasteiger partial charge in [0.15, 0.2) is 5.78 Å². The smallest absolute Gasteiger partial charge is 0.152 e. The normalized spacial score (nSPS) is 16.3. The Morgan fingerprint density at radius 2 is 2.50 bits per heavy atom. The monoisotopic (exact) mass is 134 g/mol. The average Bonchev–Trinajstić information content (AvgIpc) is 2.34. The molecule has 0 N–H and O–H groups in total. The second kappa shape index (κ2) is 3.16. The minimum Gasteiger partial charge on any atom is -0.295 e. The minimum absolute atomic E-state index is 0.104. The van der Waals surface area contributed by atoms with Gasteiger partial charge in [-0.25, -0.2) is 0 Å². The summed E-state index contributed by atoms with van der Waals surface area (Å²) >= 11 is 0. The van der Waals surface area contributed by atoms with Gasteiger partial charge in [-0.3, -0.25) is 4.79 Å². The van der Waals surface area contributed by atoms with Crippen LogP contribution in [0.3, 0.4) is 0 Å². The van der Waals surface area contributed by atoms with E-state index in [2.05, 4.69) is 6.08 Å². The van der Waals surface area contributed by atoms with Crippen LogP contribution in [0.2, 0.25) is 0 Å². The molecule has 0 unspecified atom stereocenters. The van der Waals surface area contributed by atoms with Gasteiger partial charge in [0.25, 0.3) is 0 Å². The molecule has 0 heterocycles. The first-order chi connectivity index (χ1) is 4.79. The van der Waals surface area contributed by atoms with Crippen LogP contribution in [0.4, 0.5) is 0 Å². The van der Waals surface area contributed by atoms with Crippen molar-refractivity contribution in [3.05, 3.63) is 36.0 Å². The van der Waals surface area contributed by atoms with Gasteiger partial charge in [-0.05, 0) is 25.0 Å². The van der Waals surface area contributed by atoms with Crippen molar-refractivity contribution < 1.29 is 4.79 Å². The third-order valence-corrected chi connectivity index (χ3v) is 1.33. The summed E-state index contributed by atoms with van der Waals surface area (Å²) in [5.74, 6) is 0.104. The zero-order valence-corrected chi connectivity index (χ0v) is 6.00. The Morgan fingerprint density at radius 3 is 3.00 bits per heavy atom. The molecular weight excluding hydrogens is 124 g/mol. The molecule has 0 aromatic rings. The van der Waals surface area contributed by atoms with Crippen LogP contribution < -0.4 is 0 Å². The third kappa shape index (κ3) is 2.02. The Balaban J connectivity index is 2.47. The molecular formula is C9H10O. The molecule has 0 aliphatic heterocycles. The van der Waals surface area contributed by atoms with Gasteiger partial charge < -0.3 is 0 Å². The summed E-state index contributed by atoms with van der Waals surface area (Å²) in [5, 5.41) is 0. The first-order valence-corrected chi connectivity index (χ1v) is 3.33. The summed E-state index contributed by atoms with van der Waals surface area (Å²) in [6.45, 7) is 1.56. The molecule has 1 aliphatic carbocycles. The number of carbonyl (C=O) groups is 1. The van der Waals surface area contributed by atoms with E-state index >= 15 is 0 Å². The molecule has 10 heavy (non-hydrogen) atoms. The fourth-order valence-electron chi connectivity index (χ4n) is 0.812. The fraction of sp³-hybridized carbons (Fsp3) is 0.222. The van der Waals surface area contributed by atoms with Crippen molar-refractivity contribution in [2.24, 2.45) is 0 Å². The lowest BCUT2D eigenvalue weighted by Gasteiger charge is -1.87. The van der Waals surface area contributed by atoms with Crippen molar-refractivity contribution in [3.8, 4) is 0 Å². The molecule has 1 rings (SSSR count). The second-order valence-corrected chi connectivity index (χ2v) is 2.32. The van der Waals surface area contributed by atoms with Crippen LogP contribution in [-0.4, -0.2) is 5.78 Å². The molecule has 1 nitrogen and oxygen atoms in total. The lowest BCUT2D eigenvalue weighted by molar-refractivity contribution is -0.112. The van der Waals surface area contributed by atoms with Crippen LogP contribution in [0.15, 0.2) is 36.0 Å². The number of hydrogen-bond acceptors (Lipinski definition) is 1. The van der Waals surface area contributed by atoms with E-state index in [1.165, 1.54) is 5.57 Å². The second-order valence-electron chi connectivity index (χ2n) is 2.32. The van der Waals surface area contributed by atoms with Gasteiger partial charge in [-0.15, -0.1) is 0 Å². The quantitative estimate of drug-likeness (QED) is 0.528. The molecule has 0 amide bonds. The van der Waals surface area contributed by atoms with Crippen LogP contribution >= 0.6 is 0 Å². The first-order valence-electron chi connectivity index (χ1n) is 3.33. The van der Waals surface area contributed by atoms with Crippen molar-refractivity contribution in [1.82, 2.24) is 0 Å². The molecule has 0 spiro atoms. The number of ketones is 1. The predicted molar refractivity (Wildman–Crippen MR) is 41.7 cm³/mol. The highest BCUT2D eigenvalue weighted by molar-refractivity contribution is 5.87. The van der Waals surface area contributed by atoms with E-state index in [9.17, 15) is 4.79 Å². The fourth-order valence-corrected chi connectivity index (χ4v) is 0.812. The molecule has 0 aromatic carbocycles. The highest BCUT2D eigenvalue weighted by atomic mass is 16.1. The maximum atomic E-state index is 10.5. The number of hydrogen-bond donors (Lipinski definition) is 0. The molecule has 1 aliphatic rings. The summed E-state index contributed by atoms with van der Waals surface area (Å²) in [7, 11) is 0. The van der Waals surface area contributed by atoms with Gasteiger partial charge in [0, 0.05) is 0 Å². The highest BCUT2D eigenvalue weighted by Gasteiger charge is 1.92. The SMILES string of the molecule is CC(=O)/C=C/C1=CC=CC1. The summed E-state index contributed by atoms with van der Waals surface area (Å²) in [4.78, 5) is 10.5. The first kappa shape index (κ1) is 7.00. The lowest BCUT2D eigenvalue weighted by Crippen LogP contribution is -1.80. The molecule has 1 heteroatoms. The largest absolute Gasteiger partial charge is 0.295 e. The van der Waals surface area contributed by atoms with E-state index in [-0.39, 0.29) is 5.78 Å². The predicted octanol–water partition coefficient (Wildman–Crippen LogP) is 2.02. The van der Waals surface area contributed by atoms with Crippen molar-refractivity contribution in [3.63, 3.8) is 0 Å². The molecule has 0 atom stereocenters. The Bertz CT molecular complexity index is 219. The Morgan fingerprint density at radius 1 is 1.70 bits per heavy atom. The summed E-state index contributed by atoms with van der Waals surface area (Å²) < 4.78 is 0. The molecule has 0 fully saturated rings. The van der Waals surface area contributed by atoms with E-state index in [1.807, 2.05) is 18.2 Å². The van der Waals surface area contributed by atoms with E-state index in [4.69, 9.17) is 0 Å². The Labute approximate surface area is 60.7 Å². The summed E-state index contributed by atoms with van der Waals surface area (Å²) in [5.41, 5.74) is 1.20. The van der Waals surface area contributed by atoms with Gasteiger partial charge in [-0.1, -0.05) is 24.3 Å². The molecule has 0 bridgehead atoms. The zero-order valence-electron chi connectivity index (χ0n) is 6.00. The van der Waals surface area contributed by atoms with Crippen molar-refractivity contribution in [1.29, 1.82) is 0 Å². The molecule has 52 valence electrons. The molecule has 0 aromatic heterocycles. The summed E-state index contributed by atoms with van der Waals surface area (Å²) in [6, 6.07) is 0. The van der Waals surface area contributed by atoms with E-state index in [0.717, 1.165) is 6.42 Å². The summed E-state index contributed by atoms with van der Waals surface area (Å²) in [6.07, 6.45) is 10.5. The van der Waals surface area contributed by atoms with E-state index < -0.39 is 0 Å². The van der Waals surface area contributed by atoms with Gasteiger partial charge in [-0.2, -0.15) is 0 Å². The van der Waals surface area contributed by atoms with E-state index in [0.29, 0.717) is 0 Å². The molecule has 0 saturated heterocycles. The zero-order chi connectivity index (χ0) is 7.40. The third-order valence-electron chi connectivity index (χ3n) is 1.33.